The summed E-state index contributed by atoms with van der Waals surface area (Å²) in [6, 6.07) is 11.1. The molecule has 1 aromatic heterocycles. The van der Waals surface area contributed by atoms with Gasteiger partial charge in [-0.15, -0.1) is 0 Å². The fourth-order valence-electron chi connectivity index (χ4n) is 4.03. The van der Waals surface area contributed by atoms with Crippen molar-refractivity contribution in [1.82, 2.24) is 24.4 Å². The molecule has 10 heteroatoms. The Morgan fingerprint density at radius 2 is 1.78 bits per heavy atom. The number of hydrogen-bond donors (Lipinski definition) is 2. The number of nitrogens with one attached hydrogen (secondary N) is 2. The topological polar surface area (TPSA) is 98.0 Å². The molecule has 9 nitrogen and oxygen atoms in total. The molecule has 0 radical (unpaired) electrons. The highest BCUT2D eigenvalue weighted by molar-refractivity contribution is 7.89. The number of likely N-dealkylation sites (N-methyl/N-ethyl adjacent to an activating group) is 1. The first-order chi connectivity index (χ1) is 15.4. The summed E-state index contributed by atoms with van der Waals surface area (Å²) in [4.78, 5) is 20.6. The number of hydrogen-bond acceptors (Lipinski definition) is 6. The fraction of sp³-hybridized carbons (Fsp3) is 0.500. The van der Waals surface area contributed by atoms with Gasteiger partial charge in [-0.25, -0.2) is 8.42 Å². The second-order valence-corrected chi connectivity index (χ2v) is 10.2. The molecule has 4 rings (SSSR count). The van der Waals surface area contributed by atoms with E-state index in [-0.39, 0.29) is 22.5 Å². The smallest absolute Gasteiger partial charge is 0.268 e. The van der Waals surface area contributed by atoms with Gasteiger partial charge in [0.2, 0.25) is 10.0 Å². The fourth-order valence-corrected chi connectivity index (χ4v) is 5.44. The summed E-state index contributed by atoms with van der Waals surface area (Å²) in [7, 11) is -1.54. The Morgan fingerprint density at radius 1 is 1.09 bits per heavy atom. The minimum absolute atomic E-state index is 0.0971. The van der Waals surface area contributed by atoms with Crippen molar-refractivity contribution < 1.29 is 17.9 Å². The van der Waals surface area contributed by atoms with Crippen molar-refractivity contribution in [3.8, 4) is 0 Å². The van der Waals surface area contributed by atoms with Crippen LogP contribution in [-0.4, -0.2) is 99.5 Å². The van der Waals surface area contributed by atoms with E-state index in [0.717, 1.165) is 31.7 Å². The van der Waals surface area contributed by atoms with Crippen LogP contribution in [0.25, 0.3) is 0 Å². The van der Waals surface area contributed by atoms with E-state index in [1.165, 1.54) is 16.6 Å². The van der Waals surface area contributed by atoms with Crippen molar-refractivity contribution in [2.45, 2.75) is 10.9 Å². The monoisotopic (exact) mass is 461 g/mol. The highest BCUT2D eigenvalue weighted by Gasteiger charge is 2.28. The summed E-state index contributed by atoms with van der Waals surface area (Å²) < 4.78 is 32.4. The quantitative estimate of drug-likeness (QED) is 0.632. The van der Waals surface area contributed by atoms with Gasteiger partial charge in [0.25, 0.3) is 5.91 Å². The van der Waals surface area contributed by atoms with E-state index in [2.05, 4.69) is 27.1 Å². The largest absolute Gasteiger partial charge is 0.379 e. The summed E-state index contributed by atoms with van der Waals surface area (Å²) in [5.74, 6) is -0.323. The number of aromatic nitrogens is 1. The highest BCUT2D eigenvalue weighted by atomic mass is 32.2. The zero-order valence-electron chi connectivity index (χ0n) is 18.4. The molecule has 0 bridgehead atoms. The molecule has 2 saturated heterocycles. The van der Waals surface area contributed by atoms with Crippen LogP contribution in [0.1, 0.15) is 22.1 Å². The number of aromatic amines is 1. The number of nitrogens with zero attached hydrogens (tertiary/aromatic N) is 3. The zero-order valence-corrected chi connectivity index (χ0v) is 19.2. The van der Waals surface area contributed by atoms with Crippen LogP contribution in [0.4, 0.5) is 0 Å². The van der Waals surface area contributed by atoms with Crippen molar-refractivity contribution in [3.05, 3.63) is 53.9 Å². The molecule has 2 aromatic rings. The second-order valence-electron chi connectivity index (χ2n) is 8.31. The maximum Gasteiger partial charge on any atom is 0.268 e. The van der Waals surface area contributed by atoms with Gasteiger partial charge in [-0.1, -0.05) is 30.3 Å². The van der Waals surface area contributed by atoms with Crippen LogP contribution in [0.5, 0.6) is 0 Å². The molecule has 1 atom stereocenters. The van der Waals surface area contributed by atoms with Crippen molar-refractivity contribution >= 4 is 15.9 Å². The Hall–Kier alpha value is -2.24. The van der Waals surface area contributed by atoms with Gasteiger partial charge in [0.1, 0.15) is 10.6 Å². The number of carbonyl (C=O) groups excluding carboxylic acids is 1. The summed E-state index contributed by atoms with van der Waals surface area (Å²) in [5.41, 5.74) is 1.25. The Morgan fingerprint density at radius 3 is 2.47 bits per heavy atom. The maximum absolute atomic E-state index is 13.0. The number of morpholine rings is 1. The van der Waals surface area contributed by atoms with Crippen molar-refractivity contribution in [2.75, 3.05) is 66.1 Å². The Bertz CT molecular complexity index is 996. The minimum atomic E-state index is -3.65. The lowest BCUT2D eigenvalue weighted by molar-refractivity contribution is 0.0730. The lowest BCUT2D eigenvalue weighted by atomic mass is 10.1. The van der Waals surface area contributed by atoms with E-state index in [4.69, 9.17) is 4.74 Å². The van der Waals surface area contributed by atoms with Gasteiger partial charge in [0.15, 0.2) is 0 Å². The third-order valence-electron chi connectivity index (χ3n) is 6.05. The van der Waals surface area contributed by atoms with Crippen LogP contribution in [0, 0.1) is 0 Å². The van der Waals surface area contributed by atoms with E-state index < -0.39 is 10.0 Å². The van der Waals surface area contributed by atoms with Crippen LogP contribution in [-0.2, 0) is 14.8 Å². The molecule has 2 aliphatic rings. The van der Waals surface area contributed by atoms with Gasteiger partial charge in [-0.05, 0) is 18.7 Å². The van der Waals surface area contributed by atoms with Crippen LogP contribution >= 0.6 is 0 Å². The lowest BCUT2D eigenvalue weighted by Crippen LogP contribution is -2.47. The van der Waals surface area contributed by atoms with Crippen LogP contribution in [0.3, 0.4) is 0 Å². The number of ether oxygens (including phenoxy) is 1. The first kappa shape index (κ1) is 22.9. The first-order valence-corrected chi connectivity index (χ1v) is 12.4. The van der Waals surface area contributed by atoms with E-state index in [9.17, 15) is 13.2 Å². The van der Waals surface area contributed by atoms with Gasteiger partial charge >= 0.3 is 0 Å². The number of carbonyl (C=O) groups is 1. The van der Waals surface area contributed by atoms with Gasteiger partial charge in [-0.3, -0.25) is 9.69 Å². The van der Waals surface area contributed by atoms with Crippen molar-refractivity contribution in [1.29, 1.82) is 0 Å². The third-order valence-corrected chi connectivity index (χ3v) is 7.93. The molecule has 0 aliphatic carbocycles. The molecule has 0 saturated carbocycles. The average molecular weight is 462 g/mol. The molecule has 1 amide bonds. The van der Waals surface area contributed by atoms with E-state index in [1.807, 2.05) is 30.3 Å². The number of benzene rings is 1. The predicted octanol–water partition coefficient (Wildman–Crippen LogP) is 0.754. The normalized spacial score (nSPS) is 20.2. The number of piperazine rings is 1. The number of rotatable bonds is 7. The molecule has 32 heavy (non-hydrogen) atoms. The van der Waals surface area contributed by atoms with Gasteiger partial charge in [0, 0.05) is 52.0 Å². The maximum atomic E-state index is 13.0. The van der Waals surface area contributed by atoms with Gasteiger partial charge < -0.3 is 19.9 Å². The molecule has 3 heterocycles. The number of sulfonamides is 1. The van der Waals surface area contributed by atoms with Gasteiger partial charge in [0.05, 0.1) is 19.3 Å². The number of amides is 1. The Kier molecular flexibility index (Phi) is 7.27. The second kappa shape index (κ2) is 10.1. The van der Waals surface area contributed by atoms with Crippen molar-refractivity contribution in [3.63, 3.8) is 0 Å². The van der Waals surface area contributed by atoms with Gasteiger partial charge in [-0.2, -0.15) is 4.31 Å². The summed E-state index contributed by atoms with van der Waals surface area (Å²) in [5, 5.41) is 3.10. The molecular weight excluding hydrogens is 430 g/mol. The molecule has 174 valence electrons. The highest BCUT2D eigenvalue weighted by Crippen LogP contribution is 2.20. The lowest BCUT2D eigenvalue weighted by Gasteiger charge is -2.35. The molecule has 2 aliphatic heterocycles. The predicted molar refractivity (Wildman–Crippen MR) is 121 cm³/mol. The zero-order chi connectivity index (χ0) is 22.6. The molecular formula is C22H31N5O4S. The van der Waals surface area contributed by atoms with Crippen LogP contribution < -0.4 is 5.32 Å². The molecule has 2 N–H and O–H groups in total. The molecule has 2 fully saturated rings. The van der Waals surface area contributed by atoms with E-state index >= 15 is 0 Å². The first-order valence-electron chi connectivity index (χ1n) is 11.0. The summed E-state index contributed by atoms with van der Waals surface area (Å²) in [6.07, 6.45) is 1.39. The summed E-state index contributed by atoms with van der Waals surface area (Å²) >= 11 is 0. The molecule has 1 unspecified atom stereocenters. The molecule has 0 spiro atoms. The summed E-state index contributed by atoms with van der Waals surface area (Å²) in [6.45, 7) is 5.96. The minimum Gasteiger partial charge on any atom is -0.379 e. The Balaban J connectivity index is 1.47. The number of H-pyrrole nitrogens is 1. The molecule has 1 aromatic carbocycles. The van der Waals surface area contributed by atoms with E-state index in [1.54, 1.807) is 0 Å². The Labute approximate surface area is 189 Å². The van der Waals surface area contributed by atoms with Crippen LogP contribution in [0.2, 0.25) is 0 Å². The third kappa shape index (κ3) is 5.38. The van der Waals surface area contributed by atoms with Crippen LogP contribution in [0.15, 0.2) is 47.5 Å². The average Bonchev–Trinajstić information content (AvgIpc) is 3.33. The SMILES string of the molecule is CN1CCN(CC(NC(=O)c2cc(S(=O)(=O)N3CCOCC3)c[nH]2)c2ccccc2)CC1. The van der Waals surface area contributed by atoms with Crippen molar-refractivity contribution in [2.24, 2.45) is 0 Å². The standard InChI is InChI=1S/C22H31N5O4S/c1-25-7-9-26(10-8-25)17-21(18-5-3-2-4-6-18)24-22(28)20-15-19(16-23-20)32(29,30)27-11-13-31-14-12-27/h2-6,15-16,21,23H,7-14,17H2,1H3,(H,24,28). The van der Waals surface area contributed by atoms with E-state index in [0.29, 0.717) is 32.8 Å².